The van der Waals surface area contributed by atoms with E-state index in [1.807, 2.05) is 0 Å². The fourth-order valence-corrected chi connectivity index (χ4v) is 4.84. The van der Waals surface area contributed by atoms with Crippen molar-refractivity contribution in [3.8, 4) is 0 Å². The lowest BCUT2D eigenvalue weighted by atomic mass is 10.1. The Morgan fingerprint density at radius 1 is 1.15 bits per heavy atom. The van der Waals surface area contributed by atoms with Gasteiger partial charge in [-0.1, -0.05) is 81.9 Å². The van der Waals surface area contributed by atoms with E-state index in [0.29, 0.717) is 0 Å². The van der Waals surface area contributed by atoms with Gasteiger partial charge in [0.05, 0.1) is 11.9 Å². The third-order valence-corrected chi connectivity index (χ3v) is 6.94. The summed E-state index contributed by atoms with van der Waals surface area (Å²) < 4.78 is 13.3. The molecule has 1 atom stereocenters. The van der Waals surface area contributed by atoms with Crippen molar-refractivity contribution in [2.75, 3.05) is 27.0 Å². The van der Waals surface area contributed by atoms with Crippen molar-refractivity contribution < 1.29 is 9.47 Å². The van der Waals surface area contributed by atoms with Crippen LogP contribution >= 0.6 is 0 Å². The highest BCUT2D eigenvalue weighted by Gasteiger charge is 2.22. The van der Waals surface area contributed by atoms with Crippen molar-refractivity contribution in [1.29, 1.82) is 0 Å². The quantitative estimate of drug-likeness (QED) is 0.0985. The molecule has 0 bridgehead atoms. The molecule has 0 radical (unpaired) electrons. The van der Waals surface area contributed by atoms with E-state index in [2.05, 4.69) is 117 Å². The molecule has 0 aromatic carbocycles. The molecule has 0 fully saturated rings. The van der Waals surface area contributed by atoms with Gasteiger partial charge in [0.1, 0.15) is 11.6 Å². The zero-order chi connectivity index (χ0) is 29.0. The van der Waals surface area contributed by atoms with Crippen molar-refractivity contribution in [3.05, 3.63) is 101 Å². The van der Waals surface area contributed by atoms with E-state index in [-0.39, 0.29) is 12.8 Å². The van der Waals surface area contributed by atoms with Crippen molar-refractivity contribution in [2.45, 2.75) is 92.2 Å². The molecule has 1 aromatic rings. The van der Waals surface area contributed by atoms with Crippen LogP contribution in [0.3, 0.4) is 0 Å². The molecule has 1 heterocycles. The van der Waals surface area contributed by atoms with Gasteiger partial charge in [-0.05, 0) is 69.2 Å². The van der Waals surface area contributed by atoms with Crippen LogP contribution in [0.4, 0.5) is 0 Å². The fourth-order valence-electron chi connectivity index (χ4n) is 4.84. The maximum absolute atomic E-state index is 5.71. The molecule has 1 aliphatic rings. The minimum Gasteiger partial charge on any atom is -0.468 e. The molecule has 220 valence electrons. The Labute approximate surface area is 244 Å². The van der Waals surface area contributed by atoms with Crippen LogP contribution in [0.15, 0.2) is 89.9 Å². The number of imidazole rings is 1. The monoisotopic (exact) mass is 547 g/mol. The highest BCUT2D eigenvalue weighted by atomic mass is 16.7. The Balaban J connectivity index is 2.33. The summed E-state index contributed by atoms with van der Waals surface area (Å²) in [6.45, 7) is 14.1. The molecule has 5 heteroatoms. The number of hydrogen-bond donors (Lipinski definition) is 0. The number of aromatic nitrogens is 2. The van der Waals surface area contributed by atoms with Crippen LogP contribution in [-0.4, -0.2) is 41.4 Å². The largest absolute Gasteiger partial charge is 0.468 e. The zero-order valence-corrected chi connectivity index (χ0v) is 25.9. The third kappa shape index (κ3) is 11.7. The molecule has 1 unspecified atom stereocenters. The standard InChI is InChI=1S/C35H53N3O2/c1-7-11-25-38-34(27-36-35(38)26-31-21-14-12-13-15-22-31)30(5)37(28-32(18-8-2)19-9-3)24-17-16-23-33(20-10-4)40-29-39-6/h8,12,14-16,18-23,27,30H,7,9-11,13,17,24-26,28-29H2,1-6H3/b18-8-,23-16-,32-19+,33-20+. The minimum absolute atomic E-state index is 0.228. The van der Waals surface area contributed by atoms with Gasteiger partial charge in [0.2, 0.25) is 0 Å². The molecule has 40 heavy (non-hydrogen) atoms. The number of methoxy groups -OCH3 is 1. The molecule has 0 N–H and O–H groups in total. The normalized spacial score (nSPS) is 15.4. The Bertz CT molecular complexity index is 1070. The van der Waals surface area contributed by atoms with Crippen LogP contribution in [0.2, 0.25) is 0 Å². The second-order valence-corrected chi connectivity index (χ2v) is 10.2. The zero-order valence-electron chi connectivity index (χ0n) is 25.9. The molecule has 0 saturated heterocycles. The first-order chi connectivity index (χ1) is 19.6. The molecule has 0 amide bonds. The van der Waals surface area contributed by atoms with E-state index in [9.17, 15) is 0 Å². The van der Waals surface area contributed by atoms with E-state index in [4.69, 9.17) is 14.5 Å². The lowest BCUT2D eigenvalue weighted by molar-refractivity contribution is 0.00974. The molecular weight excluding hydrogens is 494 g/mol. The second kappa shape index (κ2) is 20.1. The number of rotatable bonds is 19. The summed E-state index contributed by atoms with van der Waals surface area (Å²) >= 11 is 0. The van der Waals surface area contributed by atoms with Gasteiger partial charge < -0.3 is 14.0 Å². The fraction of sp³-hybridized carbons (Fsp3) is 0.514. The van der Waals surface area contributed by atoms with Gasteiger partial charge in [-0.3, -0.25) is 4.90 Å². The van der Waals surface area contributed by atoms with Gasteiger partial charge in [0.15, 0.2) is 6.79 Å². The maximum atomic E-state index is 5.71. The average Bonchev–Trinajstić information content (AvgIpc) is 3.16. The molecular formula is C35H53N3O2. The van der Waals surface area contributed by atoms with Gasteiger partial charge in [-0.2, -0.15) is 0 Å². The number of allylic oxidation sites excluding steroid dienone is 10. The average molecular weight is 548 g/mol. The summed E-state index contributed by atoms with van der Waals surface area (Å²) in [4.78, 5) is 7.56. The van der Waals surface area contributed by atoms with Crippen LogP contribution in [0.1, 0.15) is 90.7 Å². The first kappa shape index (κ1) is 33.3. The molecule has 1 aromatic heterocycles. The number of hydrogen-bond acceptors (Lipinski definition) is 4. The maximum Gasteiger partial charge on any atom is 0.188 e. The van der Waals surface area contributed by atoms with Crippen LogP contribution in [0.25, 0.3) is 0 Å². The Morgan fingerprint density at radius 2 is 1.98 bits per heavy atom. The molecule has 0 saturated carbocycles. The van der Waals surface area contributed by atoms with Gasteiger partial charge >= 0.3 is 0 Å². The summed E-state index contributed by atoms with van der Waals surface area (Å²) in [6, 6.07) is 0.228. The summed E-state index contributed by atoms with van der Waals surface area (Å²) in [6.07, 6.45) is 33.3. The minimum atomic E-state index is 0.228. The predicted octanol–water partition coefficient (Wildman–Crippen LogP) is 8.80. The van der Waals surface area contributed by atoms with Crippen molar-refractivity contribution >= 4 is 0 Å². The molecule has 0 aliphatic heterocycles. The number of ether oxygens (including phenoxy) is 2. The number of nitrogens with zero attached hydrogens (tertiary/aromatic N) is 3. The third-order valence-electron chi connectivity index (χ3n) is 6.94. The van der Waals surface area contributed by atoms with Crippen LogP contribution < -0.4 is 0 Å². The lowest BCUT2D eigenvalue weighted by Gasteiger charge is -2.30. The van der Waals surface area contributed by atoms with E-state index >= 15 is 0 Å². The lowest BCUT2D eigenvalue weighted by Crippen LogP contribution is -2.31. The first-order valence-corrected chi connectivity index (χ1v) is 15.2. The summed E-state index contributed by atoms with van der Waals surface area (Å²) in [5.41, 5.74) is 3.97. The predicted molar refractivity (Wildman–Crippen MR) is 170 cm³/mol. The summed E-state index contributed by atoms with van der Waals surface area (Å²) in [7, 11) is 1.65. The number of unbranched alkanes of at least 4 members (excludes halogenated alkanes) is 1. The van der Waals surface area contributed by atoms with Crippen LogP contribution in [0.5, 0.6) is 0 Å². The topological polar surface area (TPSA) is 39.5 Å². The van der Waals surface area contributed by atoms with E-state index < -0.39 is 0 Å². The Hall–Kier alpha value is -2.89. The van der Waals surface area contributed by atoms with E-state index in [0.717, 1.165) is 76.2 Å². The van der Waals surface area contributed by atoms with Gasteiger partial charge in [0, 0.05) is 39.2 Å². The highest BCUT2D eigenvalue weighted by molar-refractivity contribution is 5.31. The first-order valence-electron chi connectivity index (χ1n) is 15.2. The SMILES string of the molecule is C/C=C\C(=C/CC)CN(CC/C=C\C(=C/CC)OCOC)C(C)c1cnc(CC2=CC=CCC=C2)n1CCCC. The van der Waals surface area contributed by atoms with Gasteiger partial charge in [0.25, 0.3) is 0 Å². The highest BCUT2D eigenvalue weighted by Crippen LogP contribution is 2.26. The summed E-state index contributed by atoms with van der Waals surface area (Å²) in [5.74, 6) is 2.02. The van der Waals surface area contributed by atoms with Gasteiger partial charge in [-0.15, -0.1) is 0 Å². The van der Waals surface area contributed by atoms with E-state index in [1.54, 1.807) is 7.11 Å². The Morgan fingerprint density at radius 3 is 2.70 bits per heavy atom. The van der Waals surface area contributed by atoms with Crippen molar-refractivity contribution in [1.82, 2.24) is 14.5 Å². The summed E-state index contributed by atoms with van der Waals surface area (Å²) in [5, 5.41) is 0. The molecule has 1 aliphatic carbocycles. The second-order valence-electron chi connectivity index (χ2n) is 10.2. The Kier molecular flexibility index (Phi) is 16.7. The van der Waals surface area contributed by atoms with E-state index in [1.165, 1.54) is 16.8 Å². The van der Waals surface area contributed by atoms with Crippen LogP contribution in [-0.2, 0) is 22.4 Å². The van der Waals surface area contributed by atoms with Crippen molar-refractivity contribution in [3.63, 3.8) is 0 Å². The molecule has 5 nitrogen and oxygen atoms in total. The van der Waals surface area contributed by atoms with Gasteiger partial charge in [-0.25, -0.2) is 4.98 Å². The molecule has 2 rings (SSSR count). The van der Waals surface area contributed by atoms with Crippen LogP contribution in [0, 0.1) is 0 Å². The smallest absolute Gasteiger partial charge is 0.188 e. The molecule has 0 spiro atoms. The van der Waals surface area contributed by atoms with Crippen molar-refractivity contribution in [2.24, 2.45) is 0 Å².